The van der Waals surface area contributed by atoms with Crippen LogP contribution in [0.4, 0.5) is 8.78 Å². The Morgan fingerprint density at radius 1 is 1.64 bits per heavy atom. The molecule has 1 rings (SSSR count). The number of carbonyl (C=O) groups is 2. The minimum atomic E-state index is -3.19. The van der Waals surface area contributed by atoms with Gasteiger partial charge in [0.1, 0.15) is 12.2 Å². The molecule has 0 radical (unpaired) electrons. The van der Waals surface area contributed by atoms with Gasteiger partial charge >= 0.3 is 5.97 Å². The van der Waals surface area contributed by atoms with Crippen molar-refractivity contribution in [1.82, 2.24) is 0 Å². The number of methoxy groups -OCH3 is 1. The SMILES string of the molecule is COC(=O)[C@@H]1[C@@H](C=O)C1(F)F. The van der Waals surface area contributed by atoms with Gasteiger partial charge in [0, 0.05) is 0 Å². The first-order valence-electron chi connectivity index (χ1n) is 2.96. The van der Waals surface area contributed by atoms with Crippen molar-refractivity contribution in [2.24, 2.45) is 11.8 Å². The Bertz CT molecular complexity index is 202. The van der Waals surface area contributed by atoms with E-state index in [0.717, 1.165) is 7.11 Å². The second-order valence-corrected chi connectivity index (χ2v) is 2.34. The zero-order valence-corrected chi connectivity index (χ0v) is 5.71. The van der Waals surface area contributed by atoms with Gasteiger partial charge in [0.15, 0.2) is 0 Å². The number of hydrogen-bond acceptors (Lipinski definition) is 3. The summed E-state index contributed by atoms with van der Waals surface area (Å²) < 4.78 is 28.8. The number of aldehydes is 1. The molecule has 0 N–H and O–H groups in total. The standard InChI is InChI=1S/C6H6F2O3/c1-11-5(10)4-3(2-9)6(4,7)8/h2-4H,1H3/t3-,4+/m1/s1. The van der Waals surface area contributed by atoms with Gasteiger partial charge in [-0.15, -0.1) is 0 Å². The summed E-state index contributed by atoms with van der Waals surface area (Å²) in [5, 5.41) is 0. The van der Waals surface area contributed by atoms with Crippen molar-refractivity contribution in [2.45, 2.75) is 5.92 Å². The first-order chi connectivity index (χ1) is 5.05. The summed E-state index contributed by atoms with van der Waals surface area (Å²) in [6, 6.07) is 0. The Kier molecular flexibility index (Phi) is 1.66. The van der Waals surface area contributed by atoms with Crippen LogP contribution in [-0.2, 0) is 14.3 Å². The molecule has 62 valence electrons. The highest BCUT2D eigenvalue weighted by molar-refractivity contribution is 5.84. The van der Waals surface area contributed by atoms with Crippen LogP contribution >= 0.6 is 0 Å². The lowest BCUT2D eigenvalue weighted by molar-refractivity contribution is -0.144. The molecule has 1 saturated carbocycles. The zero-order chi connectivity index (χ0) is 8.65. The largest absolute Gasteiger partial charge is 0.469 e. The number of ether oxygens (including phenoxy) is 1. The van der Waals surface area contributed by atoms with Crippen LogP contribution in [-0.4, -0.2) is 25.3 Å². The third-order valence-corrected chi connectivity index (χ3v) is 1.71. The zero-order valence-electron chi connectivity index (χ0n) is 5.71. The molecular formula is C6H6F2O3. The van der Waals surface area contributed by atoms with Crippen LogP contribution in [0.25, 0.3) is 0 Å². The summed E-state index contributed by atoms with van der Waals surface area (Å²) in [5.41, 5.74) is 0. The first kappa shape index (κ1) is 8.10. The third kappa shape index (κ3) is 1.00. The average molecular weight is 164 g/mol. The monoisotopic (exact) mass is 164 g/mol. The lowest BCUT2D eigenvalue weighted by atomic mass is 10.3. The topological polar surface area (TPSA) is 43.4 Å². The molecule has 0 heterocycles. The highest BCUT2D eigenvalue weighted by atomic mass is 19.3. The van der Waals surface area contributed by atoms with Crippen molar-refractivity contribution >= 4 is 12.3 Å². The number of carbonyl (C=O) groups excluding carboxylic acids is 2. The number of halogens is 2. The summed E-state index contributed by atoms with van der Waals surface area (Å²) in [7, 11) is 1.01. The van der Waals surface area contributed by atoms with E-state index in [2.05, 4.69) is 4.74 Å². The van der Waals surface area contributed by atoms with E-state index in [4.69, 9.17) is 0 Å². The maximum atomic E-state index is 12.4. The molecule has 0 aromatic heterocycles. The van der Waals surface area contributed by atoms with Crippen LogP contribution < -0.4 is 0 Å². The number of alkyl halides is 2. The van der Waals surface area contributed by atoms with Gasteiger partial charge < -0.3 is 9.53 Å². The lowest BCUT2D eigenvalue weighted by Crippen LogP contribution is -2.08. The summed E-state index contributed by atoms with van der Waals surface area (Å²) in [5.74, 6) is -7.23. The lowest BCUT2D eigenvalue weighted by Gasteiger charge is -1.93. The predicted molar refractivity (Wildman–Crippen MR) is 30.0 cm³/mol. The third-order valence-electron chi connectivity index (χ3n) is 1.71. The number of hydrogen-bond donors (Lipinski definition) is 0. The number of esters is 1. The summed E-state index contributed by atoms with van der Waals surface area (Å²) in [6.07, 6.45) is 0.0849. The Morgan fingerprint density at radius 3 is 2.45 bits per heavy atom. The maximum Gasteiger partial charge on any atom is 0.315 e. The number of rotatable bonds is 2. The van der Waals surface area contributed by atoms with Crippen molar-refractivity contribution in [1.29, 1.82) is 0 Å². The van der Waals surface area contributed by atoms with Gasteiger partial charge in [0.25, 0.3) is 5.92 Å². The van der Waals surface area contributed by atoms with E-state index in [1.807, 2.05) is 0 Å². The van der Waals surface area contributed by atoms with Crippen LogP contribution in [0.5, 0.6) is 0 Å². The molecule has 0 saturated heterocycles. The second kappa shape index (κ2) is 2.25. The first-order valence-corrected chi connectivity index (χ1v) is 2.96. The van der Waals surface area contributed by atoms with Crippen LogP contribution in [0, 0.1) is 11.8 Å². The molecule has 1 aliphatic rings. The summed E-state index contributed by atoms with van der Waals surface area (Å²) in [6.45, 7) is 0. The van der Waals surface area contributed by atoms with E-state index in [9.17, 15) is 18.4 Å². The van der Waals surface area contributed by atoms with Gasteiger partial charge in [-0.3, -0.25) is 4.79 Å². The molecule has 5 heteroatoms. The molecule has 1 aliphatic carbocycles. The fourth-order valence-corrected chi connectivity index (χ4v) is 0.950. The molecule has 11 heavy (non-hydrogen) atoms. The van der Waals surface area contributed by atoms with Crippen molar-refractivity contribution < 1.29 is 23.1 Å². The Morgan fingerprint density at radius 2 is 2.18 bits per heavy atom. The fourth-order valence-electron chi connectivity index (χ4n) is 0.950. The second-order valence-electron chi connectivity index (χ2n) is 2.34. The molecule has 0 amide bonds. The van der Waals surface area contributed by atoms with E-state index < -0.39 is 23.7 Å². The molecule has 0 aliphatic heterocycles. The van der Waals surface area contributed by atoms with Crippen molar-refractivity contribution in [3.63, 3.8) is 0 Å². The van der Waals surface area contributed by atoms with Crippen molar-refractivity contribution in [2.75, 3.05) is 7.11 Å². The fraction of sp³-hybridized carbons (Fsp3) is 0.667. The molecule has 0 unspecified atom stereocenters. The van der Waals surface area contributed by atoms with E-state index in [0.29, 0.717) is 0 Å². The minimum absolute atomic E-state index is 0.0849. The maximum absolute atomic E-state index is 12.4. The van der Waals surface area contributed by atoms with Gasteiger partial charge in [0.2, 0.25) is 0 Å². The van der Waals surface area contributed by atoms with Gasteiger partial charge in [-0.2, -0.15) is 0 Å². The van der Waals surface area contributed by atoms with E-state index in [1.165, 1.54) is 0 Å². The Balaban J connectivity index is 2.66. The van der Waals surface area contributed by atoms with Crippen LogP contribution in [0.2, 0.25) is 0 Å². The van der Waals surface area contributed by atoms with E-state index in [1.54, 1.807) is 0 Å². The average Bonchev–Trinajstić information content (AvgIpc) is 2.51. The quantitative estimate of drug-likeness (QED) is 0.433. The molecule has 0 bridgehead atoms. The van der Waals surface area contributed by atoms with Crippen LogP contribution in [0.3, 0.4) is 0 Å². The van der Waals surface area contributed by atoms with Crippen LogP contribution in [0.15, 0.2) is 0 Å². The molecule has 1 fully saturated rings. The predicted octanol–water partition coefficient (Wildman–Crippen LogP) is 0.240. The minimum Gasteiger partial charge on any atom is -0.469 e. The van der Waals surface area contributed by atoms with Gasteiger partial charge in [-0.05, 0) is 0 Å². The van der Waals surface area contributed by atoms with E-state index >= 15 is 0 Å². The molecule has 0 aromatic carbocycles. The van der Waals surface area contributed by atoms with Crippen molar-refractivity contribution in [3.8, 4) is 0 Å². The highest BCUT2D eigenvalue weighted by Crippen LogP contribution is 2.54. The molecule has 2 atom stereocenters. The van der Waals surface area contributed by atoms with Gasteiger partial charge in [-0.1, -0.05) is 0 Å². The van der Waals surface area contributed by atoms with Crippen molar-refractivity contribution in [3.05, 3.63) is 0 Å². The van der Waals surface area contributed by atoms with Gasteiger partial charge in [0.05, 0.1) is 13.0 Å². The molecule has 0 spiro atoms. The highest BCUT2D eigenvalue weighted by Gasteiger charge is 2.73. The Hall–Kier alpha value is -1.00. The summed E-state index contributed by atoms with van der Waals surface area (Å²) >= 11 is 0. The summed E-state index contributed by atoms with van der Waals surface area (Å²) in [4.78, 5) is 20.4. The van der Waals surface area contributed by atoms with Crippen LogP contribution in [0.1, 0.15) is 0 Å². The molecule has 3 nitrogen and oxygen atoms in total. The molecular weight excluding hydrogens is 158 g/mol. The van der Waals surface area contributed by atoms with Gasteiger partial charge in [-0.25, -0.2) is 8.78 Å². The van der Waals surface area contributed by atoms with E-state index in [-0.39, 0.29) is 6.29 Å². The normalized spacial score (nSPS) is 32.6. The Labute approximate surface area is 61.3 Å². The smallest absolute Gasteiger partial charge is 0.315 e. The molecule has 0 aromatic rings.